The molecule has 246 valence electrons. The summed E-state index contributed by atoms with van der Waals surface area (Å²) in [6.45, 7) is 1.56. The number of unbranched alkanes of at least 4 members (excludes halogenated alkanes) is 1. The summed E-state index contributed by atoms with van der Waals surface area (Å²) in [6, 6.07) is 12.5. The lowest BCUT2D eigenvalue weighted by molar-refractivity contribution is -0.274. The number of carbonyl (C=O) groups excluding carboxylic acids is 3. The number of nitrogens with two attached hydrogens (primary N) is 1. The molecule has 0 atom stereocenters. The van der Waals surface area contributed by atoms with Gasteiger partial charge in [-0.05, 0) is 61.6 Å². The minimum Gasteiger partial charge on any atom is -0.405 e. The molecule has 0 saturated carbocycles. The van der Waals surface area contributed by atoms with E-state index in [9.17, 15) is 27.6 Å². The van der Waals surface area contributed by atoms with Gasteiger partial charge in [0.25, 0.3) is 17.7 Å². The maximum absolute atomic E-state index is 12.8. The SMILES string of the molecule is NC(=O)c1cc2cnccc2[nH]1.O=C(NCCCCC1CCN(C(=O)c2ccccc2OC(F)(F)F)CC1)c1cc2cnccc2[nH]1. The highest BCUT2D eigenvalue weighted by Gasteiger charge is 2.34. The van der Waals surface area contributed by atoms with E-state index in [1.807, 2.05) is 6.07 Å². The average Bonchev–Trinajstić information content (AvgIpc) is 3.70. The summed E-state index contributed by atoms with van der Waals surface area (Å²) in [5.74, 6) is -1.08. The van der Waals surface area contributed by atoms with E-state index in [1.54, 1.807) is 47.9 Å². The Morgan fingerprint density at radius 1 is 0.915 bits per heavy atom. The molecule has 1 saturated heterocycles. The van der Waals surface area contributed by atoms with Crippen LogP contribution in [0.2, 0.25) is 0 Å². The molecule has 1 aliphatic rings. The number of nitrogens with one attached hydrogen (secondary N) is 3. The van der Waals surface area contributed by atoms with Gasteiger partial charge in [0.1, 0.15) is 17.1 Å². The van der Waals surface area contributed by atoms with Crippen LogP contribution in [0.25, 0.3) is 21.8 Å². The number of aromatic amines is 2. The molecule has 0 bridgehead atoms. The summed E-state index contributed by atoms with van der Waals surface area (Å²) in [5, 5.41) is 4.71. The lowest BCUT2D eigenvalue weighted by Gasteiger charge is -2.32. The average molecular weight is 650 g/mol. The molecule has 5 aromatic rings. The van der Waals surface area contributed by atoms with Gasteiger partial charge in [0.2, 0.25) is 0 Å². The molecule has 1 aliphatic heterocycles. The molecule has 0 spiro atoms. The number of rotatable bonds is 9. The molecule has 6 rings (SSSR count). The van der Waals surface area contributed by atoms with Crippen LogP contribution in [0.1, 0.15) is 63.4 Å². The second kappa shape index (κ2) is 14.8. The van der Waals surface area contributed by atoms with Crippen molar-refractivity contribution < 1.29 is 32.3 Å². The fourth-order valence-electron chi connectivity index (χ4n) is 5.51. The Balaban J connectivity index is 0.000000301. The van der Waals surface area contributed by atoms with E-state index in [1.165, 1.54) is 18.2 Å². The number of alkyl halides is 3. The first kappa shape index (κ1) is 33.0. The maximum Gasteiger partial charge on any atom is 0.573 e. The number of carbonyl (C=O) groups is 3. The molecule has 3 amide bonds. The number of hydrogen-bond acceptors (Lipinski definition) is 6. The fourth-order valence-corrected chi connectivity index (χ4v) is 5.51. The summed E-state index contributed by atoms with van der Waals surface area (Å²) < 4.78 is 42.0. The van der Waals surface area contributed by atoms with Crippen molar-refractivity contribution in [1.29, 1.82) is 0 Å². The van der Waals surface area contributed by atoms with E-state index in [2.05, 4.69) is 30.0 Å². The highest BCUT2D eigenvalue weighted by molar-refractivity contribution is 5.98. The van der Waals surface area contributed by atoms with Crippen LogP contribution in [0.15, 0.2) is 73.3 Å². The van der Waals surface area contributed by atoms with Crippen molar-refractivity contribution in [2.45, 2.75) is 38.5 Å². The van der Waals surface area contributed by atoms with Gasteiger partial charge in [-0.15, -0.1) is 13.2 Å². The van der Waals surface area contributed by atoms with Crippen LogP contribution >= 0.6 is 0 Å². The van der Waals surface area contributed by atoms with E-state index < -0.39 is 23.9 Å². The van der Waals surface area contributed by atoms with E-state index in [-0.39, 0.29) is 11.5 Å². The Morgan fingerprint density at radius 2 is 1.53 bits per heavy atom. The number of primary amides is 1. The van der Waals surface area contributed by atoms with Crippen LogP contribution in [0, 0.1) is 5.92 Å². The van der Waals surface area contributed by atoms with Crippen molar-refractivity contribution in [3.8, 4) is 5.75 Å². The third kappa shape index (κ3) is 8.87. The predicted molar refractivity (Wildman–Crippen MR) is 169 cm³/mol. The van der Waals surface area contributed by atoms with Crippen LogP contribution in [0.3, 0.4) is 0 Å². The number of hydrogen-bond donors (Lipinski definition) is 4. The number of H-pyrrole nitrogens is 2. The van der Waals surface area contributed by atoms with Gasteiger partial charge in [0.05, 0.1) is 5.56 Å². The van der Waals surface area contributed by atoms with Gasteiger partial charge in [0, 0.05) is 66.2 Å². The highest BCUT2D eigenvalue weighted by atomic mass is 19.4. The van der Waals surface area contributed by atoms with Crippen molar-refractivity contribution in [1.82, 2.24) is 30.2 Å². The molecule has 11 nitrogen and oxygen atoms in total. The zero-order chi connectivity index (χ0) is 33.4. The fraction of sp³-hybridized carbons (Fsp3) is 0.303. The van der Waals surface area contributed by atoms with Gasteiger partial charge >= 0.3 is 6.36 Å². The third-order valence-corrected chi connectivity index (χ3v) is 7.92. The summed E-state index contributed by atoms with van der Waals surface area (Å²) in [4.78, 5) is 51.4. The molecule has 47 heavy (non-hydrogen) atoms. The largest absolute Gasteiger partial charge is 0.573 e. The van der Waals surface area contributed by atoms with Crippen LogP contribution in [0.5, 0.6) is 5.75 Å². The first-order valence-electron chi connectivity index (χ1n) is 15.1. The van der Waals surface area contributed by atoms with Crippen molar-refractivity contribution in [2.24, 2.45) is 11.7 Å². The third-order valence-electron chi connectivity index (χ3n) is 7.92. The van der Waals surface area contributed by atoms with Gasteiger partial charge in [-0.2, -0.15) is 0 Å². The van der Waals surface area contributed by atoms with Crippen molar-refractivity contribution in [2.75, 3.05) is 19.6 Å². The zero-order valence-electron chi connectivity index (χ0n) is 25.3. The normalized spacial score (nSPS) is 13.6. The minimum absolute atomic E-state index is 0.0785. The number of fused-ring (bicyclic) bond motifs is 2. The van der Waals surface area contributed by atoms with Crippen LogP contribution in [-0.2, 0) is 0 Å². The molecular formula is C33H34F3N7O4. The highest BCUT2D eigenvalue weighted by Crippen LogP contribution is 2.29. The van der Waals surface area contributed by atoms with E-state index in [0.717, 1.165) is 60.0 Å². The smallest absolute Gasteiger partial charge is 0.405 e. The zero-order valence-corrected chi connectivity index (χ0v) is 25.3. The summed E-state index contributed by atoms with van der Waals surface area (Å²) >= 11 is 0. The molecule has 1 aromatic carbocycles. The lowest BCUT2D eigenvalue weighted by atomic mass is 9.91. The first-order valence-corrected chi connectivity index (χ1v) is 15.1. The van der Waals surface area contributed by atoms with Gasteiger partial charge < -0.3 is 30.7 Å². The van der Waals surface area contributed by atoms with Crippen molar-refractivity contribution in [3.05, 3.63) is 90.3 Å². The number of halogens is 3. The van der Waals surface area contributed by atoms with Gasteiger partial charge in [-0.25, -0.2) is 0 Å². The molecule has 14 heteroatoms. The number of nitrogens with zero attached hydrogens (tertiary/aromatic N) is 3. The number of pyridine rings is 2. The molecular weight excluding hydrogens is 615 g/mol. The summed E-state index contributed by atoms with van der Waals surface area (Å²) in [6.07, 6.45) is 6.21. The number of amides is 3. The second-order valence-electron chi connectivity index (χ2n) is 11.2. The number of aromatic nitrogens is 4. The van der Waals surface area contributed by atoms with E-state index >= 15 is 0 Å². The number of para-hydroxylation sites is 1. The maximum atomic E-state index is 12.8. The van der Waals surface area contributed by atoms with Crippen molar-refractivity contribution in [3.63, 3.8) is 0 Å². The quantitative estimate of drug-likeness (QED) is 0.153. The first-order chi connectivity index (χ1) is 22.6. The van der Waals surface area contributed by atoms with Crippen molar-refractivity contribution >= 4 is 39.5 Å². The Kier molecular flexibility index (Phi) is 10.4. The van der Waals surface area contributed by atoms with Gasteiger partial charge in [0.15, 0.2) is 0 Å². The van der Waals surface area contributed by atoms with Crippen LogP contribution in [0.4, 0.5) is 13.2 Å². The van der Waals surface area contributed by atoms with Crippen LogP contribution in [-0.4, -0.2) is 68.6 Å². The number of piperidine rings is 1. The summed E-state index contributed by atoms with van der Waals surface area (Å²) in [7, 11) is 0. The predicted octanol–water partition coefficient (Wildman–Crippen LogP) is 5.58. The Bertz CT molecular complexity index is 1780. The molecule has 0 aliphatic carbocycles. The van der Waals surface area contributed by atoms with Crippen LogP contribution < -0.4 is 15.8 Å². The standard InChI is InChI=1S/C25H27F3N4O3.C8H7N3O/c26-25(27,28)35-22-7-2-1-6-19(22)24(34)32-13-9-17(10-14-32)5-3-4-11-30-23(33)21-15-18-16-29-12-8-20(18)31-21;9-8(12)7-3-5-4-10-2-1-6(5)11-7/h1-2,6-8,12,15-17,31H,3-5,9-11,13-14H2,(H,30,33);1-4,11H,(H2,9,12). The monoisotopic (exact) mass is 649 g/mol. The van der Waals surface area contributed by atoms with E-state index in [4.69, 9.17) is 5.73 Å². The molecule has 0 radical (unpaired) electrons. The van der Waals surface area contributed by atoms with Gasteiger partial charge in [-0.1, -0.05) is 25.0 Å². The topological polar surface area (TPSA) is 159 Å². The molecule has 1 fully saturated rings. The Labute approximate surface area is 267 Å². The Morgan fingerprint density at radius 3 is 2.15 bits per heavy atom. The molecule has 4 aromatic heterocycles. The Hall–Kier alpha value is -5.40. The molecule has 5 heterocycles. The molecule has 0 unspecified atom stereocenters. The number of likely N-dealkylation sites (tertiary alicyclic amines) is 1. The number of benzene rings is 1. The number of ether oxygens (including phenoxy) is 1. The van der Waals surface area contributed by atoms with E-state index in [0.29, 0.717) is 36.9 Å². The minimum atomic E-state index is -4.85. The van der Waals surface area contributed by atoms with Gasteiger partial charge in [-0.3, -0.25) is 24.4 Å². The molecule has 5 N–H and O–H groups in total. The second-order valence-corrected chi connectivity index (χ2v) is 11.2. The summed E-state index contributed by atoms with van der Waals surface area (Å²) in [5.41, 5.74) is 7.67. The lowest BCUT2D eigenvalue weighted by Crippen LogP contribution is -2.38.